The fraction of sp³-hybridized carbons (Fsp3) is 0.875. The molecule has 0 amide bonds. The maximum absolute atomic E-state index is 3.78. The van der Waals surface area contributed by atoms with Crippen LogP contribution in [0.2, 0.25) is 0 Å². The van der Waals surface area contributed by atoms with Crippen LogP contribution in [0, 0.1) is 27.7 Å². The van der Waals surface area contributed by atoms with E-state index >= 15 is 0 Å². The molecule has 0 aliphatic carbocycles. The Labute approximate surface area is 254 Å². The zero-order chi connectivity index (χ0) is 25.0. The van der Waals surface area contributed by atoms with E-state index in [-0.39, 0.29) is 46.9 Å². The Kier molecular flexibility index (Phi) is 85.1. The monoisotopic (exact) mass is 503 g/mol. The van der Waals surface area contributed by atoms with Gasteiger partial charge in [-0.15, -0.1) is 0 Å². The van der Waals surface area contributed by atoms with Crippen molar-refractivity contribution in [2.45, 2.75) is 182 Å². The molecular formula is C32H68AlNa. The van der Waals surface area contributed by atoms with Gasteiger partial charge in [0.2, 0.25) is 0 Å². The molecule has 0 rings (SSSR count). The molecule has 0 N–H and O–H groups in total. The molecule has 0 aromatic heterocycles. The van der Waals surface area contributed by atoms with E-state index in [0.717, 1.165) is 25.7 Å². The van der Waals surface area contributed by atoms with Crippen molar-refractivity contribution in [2.24, 2.45) is 0 Å². The predicted octanol–water partition coefficient (Wildman–Crippen LogP) is 9.35. The van der Waals surface area contributed by atoms with Gasteiger partial charge in [-0.25, -0.2) is 0 Å². The van der Waals surface area contributed by atoms with Crippen molar-refractivity contribution >= 4 is 17.4 Å². The quantitative estimate of drug-likeness (QED) is 0.0883. The zero-order valence-corrected chi connectivity index (χ0v) is 28.5. The molecule has 0 unspecified atom stereocenters. The molecule has 34 heavy (non-hydrogen) atoms. The summed E-state index contributed by atoms with van der Waals surface area (Å²) < 4.78 is 0. The molecule has 0 spiro atoms. The smallest absolute Gasteiger partial charge is 0.343 e. The first-order valence-electron chi connectivity index (χ1n) is 14.8. The van der Waals surface area contributed by atoms with Crippen molar-refractivity contribution in [3.8, 4) is 0 Å². The Bertz CT molecular complexity index is 161. The van der Waals surface area contributed by atoms with E-state index in [9.17, 15) is 0 Å². The standard InChI is InChI=1S/4C8H17.Al.Na/c4*1-3-5-7-8-6-4-2;;/h4*1,3-8H2,2H3;;/q4*-1;+3;+1. The van der Waals surface area contributed by atoms with Gasteiger partial charge in [0.1, 0.15) is 0 Å². The average Bonchev–Trinajstić information content (AvgIpc) is 2.82. The Morgan fingerprint density at radius 2 is 0.441 bits per heavy atom. The van der Waals surface area contributed by atoms with E-state index in [1.807, 2.05) is 0 Å². The van der Waals surface area contributed by atoms with Gasteiger partial charge >= 0.3 is 46.9 Å². The Morgan fingerprint density at radius 3 is 0.559 bits per heavy atom. The van der Waals surface area contributed by atoms with Crippen molar-refractivity contribution in [2.75, 3.05) is 0 Å². The zero-order valence-electron chi connectivity index (χ0n) is 25.4. The Balaban J connectivity index is -0.0000000754. The molecule has 0 saturated heterocycles. The molecule has 0 aliphatic rings. The van der Waals surface area contributed by atoms with E-state index in [1.54, 1.807) is 0 Å². The van der Waals surface area contributed by atoms with Gasteiger partial charge in [0, 0.05) is 0 Å². The summed E-state index contributed by atoms with van der Waals surface area (Å²) in [6, 6.07) is 0. The van der Waals surface area contributed by atoms with Gasteiger partial charge in [-0.1, -0.05) is 156 Å². The molecule has 200 valence electrons. The van der Waals surface area contributed by atoms with Gasteiger partial charge in [-0.2, -0.15) is 25.7 Å². The number of hydrogen-bond acceptors (Lipinski definition) is 0. The average molecular weight is 503 g/mol. The van der Waals surface area contributed by atoms with Crippen LogP contribution in [0.15, 0.2) is 0 Å². The largest absolute Gasteiger partial charge is 3.00 e. The van der Waals surface area contributed by atoms with Gasteiger partial charge in [0.25, 0.3) is 0 Å². The van der Waals surface area contributed by atoms with Gasteiger partial charge in [-0.05, 0) is 0 Å². The minimum absolute atomic E-state index is 0. The van der Waals surface area contributed by atoms with Crippen molar-refractivity contribution in [3.05, 3.63) is 27.7 Å². The second-order valence-corrected chi connectivity index (χ2v) is 9.07. The van der Waals surface area contributed by atoms with Gasteiger partial charge < -0.3 is 27.7 Å². The number of rotatable bonds is 20. The van der Waals surface area contributed by atoms with Crippen molar-refractivity contribution in [3.63, 3.8) is 0 Å². The van der Waals surface area contributed by atoms with Crippen LogP contribution in [-0.4, -0.2) is 17.4 Å². The Hall–Kier alpha value is 1.53. The SMILES string of the molecule is [Al+3].[CH2-]CCCCCCC.[CH2-]CCCCCCC.[CH2-]CCCCCCC.[CH2-]CCCCCCC.[Na+]. The maximum atomic E-state index is 3.78. The van der Waals surface area contributed by atoms with Crippen molar-refractivity contribution < 1.29 is 29.6 Å². The van der Waals surface area contributed by atoms with Crippen molar-refractivity contribution in [1.82, 2.24) is 0 Å². The van der Waals surface area contributed by atoms with Crippen LogP contribution in [0.1, 0.15) is 182 Å². The summed E-state index contributed by atoms with van der Waals surface area (Å²) in [5.74, 6) is 0. The van der Waals surface area contributed by atoms with Gasteiger partial charge in [0.05, 0.1) is 0 Å². The van der Waals surface area contributed by atoms with Crippen LogP contribution >= 0.6 is 0 Å². The minimum Gasteiger partial charge on any atom is -0.343 e. The van der Waals surface area contributed by atoms with E-state index in [1.165, 1.54) is 128 Å². The van der Waals surface area contributed by atoms with Crippen LogP contribution in [-0.2, 0) is 0 Å². The summed E-state index contributed by atoms with van der Waals surface area (Å²) >= 11 is 0. The summed E-state index contributed by atoms with van der Waals surface area (Å²) in [5, 5.41) is 0. The number of unbranched alkanes of at least 4 members (excludes halogenated alkanes) is 20. The van der Waals surface area contributed by atoms with Crippen LogP contribution in [0.5, 0.6) is 0 Å². The summed E-state index contributed by atoms with van der Waals surface area (Å²) in [6.07, 6.45) is 31.9. The molecule has 0 aliphatic heterocycles. The summed E-state index contributed by atoms with van der Waals surface area (Å²) in [5.41, 5.74) is 0. The third kappa shape index (κ3) is 76.5. The second-order valence-electron chi connectivity index (χ2n) is 9.07. The van der Waals surface area contributed by atoms with Gasteiger partial charge in [0.15, 0.2) is 0 Å². The van der Waals surface area contributed by atoms with Crippen LogP contribution in [0.25, 0.3) is 0 Å². The summed E-state index contributed by atoms with van der Waals surface area (Å²) in [4.78, 5) is 0. The van der Waals surface area contributed by atoms with E-state index in [2.05, 4.69) is 55.4 Å². The molecule has 0 radical (unpaired) electrons. The number of hydrogen-bond donors (Lipinski definition) is 0. The van der Waals surface area contributed by atoms with Crippen LogP contribution < -0.4 is 29.6 Å². The minimum atomic E-state index is 0. The first-order chi connectivity index (χ1) is 15.7. The normalized spacial score (nSPS) is 9.18. The summed E-state index contributed by atoms with van der Waals surface area (Å²) in [6.45, 7) is 24.1. The molecule has 0 fully saturated rings. The first-order valence-corrected chi connectivity index (χ1v) is 14.8. The molecular weight excluding hydrogens is 434 g/mol. The van der Waals surface area contributed by atoms with Crippen LogP contribution in [0.3, 0.4) is 0 Å². The van der Waals surface area contributed by atoms with Crippen LogP contribution in [0.4, 0.5) is 0 Å². The molecule has 0 saturated carbocycles. The molecule has 0 aromatic rings. The molecule has 0 nitrogen and oxygen atoms in total. The Morgan fingerprint density at radius 1 is 0.294 bits per heavy atom. The van der Waals surface area contributed by atoms with E-state index < -0.39 is 0 Å². The molecule has 0 bridgehead atoms. The van der Waals surface area contributed by atoms with E-state index in [4.69, 9.17) is 0 Å². The van der Waals surface area contributed by atoms with Gasteiger partial charge in [-0.3, -0.25) is 0 Å². The second kappa shape index (κ2) is 59.6. The summed E-state index contributed by atoms with van der Waals surface area (Å²) in [7, 11) is 0. The third-order valence-corrected chi connectivity index (χ3v) is 5.41. The topological polar surface area (TPSA) is 0 Å². The fourth-order valence-corrected chi connectivity index (χ4v) is 3.12. The van der Waals surface area contributed by atoms with Crippen molar-refractivity contribution in [1.29, 1.82) is 0 Å². The third-order valence-electron chi connectivity index (χ3n) is 5.41. The maximum Gasteiger partial charge on any atom is 3.00 e. The molecule has 0 atom stereocenters. The molecule has 2 heteroatoms. The fourth-order valence-electron chi connectivity index (χ4n) is 3.12. The van der Waals surface area contributed by atoms with E-state index in [0.29, 0.717) is 0 Å². The molecule has 0 heterocycles. The first kappa shape index (κ1) is 48.6. The molecule has 0 aromatic carbocycles. The predicted molar refractivity (Wildman–Crippen MR) is 161 cm³/mol.